The highest BCUT2D eigenvalue weighted by Crippen LogP contribution is 2.37. The van der Waals surface area contributed by atoms with Crippen LogP contribution in [0.25, 0.3) is 22.3 Å². The van der Waals surface area contributed by atoms with Gasteiger partial charge in [-0.1, -0.05) is 0 Å². The molecule has 1 fully saturated rings. The summed E-state index contributed by atoms with van der Waals surface area (Å²) in [6.45, 7) is 3.61. The molecule has 0 saturated carbocycles. The number of aryl methyl sites for hydroxylation is 1. The van der Waals surface area contributed by atoms with Crippen LogP contribution in [0.2, 0.25) is 0 Å². The topological polar surface area (TPSA) is 120 Å². The van der Waals surface area contributed by atoms with E-state index in [1.54, 1.807) is 35.4 Å². The Hall–Kier alpha value is -3.99. The number of hydrogen-bond donors (Lipinski definition) is 4. The van der Waals surface area contributed by atoms with Crippen molar-refractivity contribution >= 4 is 33.7 Å². The van der Waals surface area contributed by atoms with Crippen LogP contribution in [0.5, 0.6) is 0 Å². The van der Waals surface area contributed by atoms with Crippen molar-refractivity contribution in [2.75, 3.05) is 23.3 Å². The molecule has 1 saturated heterocycles. The van der Waals surface area contributed by atoms with E-state index in [0.29, 0.717) is 51.0 Å². The molecule has 11 heteroatoms. The van der Waals surface area contributed by atoms with Crippen molar-refractivity contribution in [2.24, 2.45) is 7.05 Å². The van der Waals surface area contributed by atoms with Gasteiger partial charge in [0, 0.05) is 38.7 Å². The van der Waals surface area contributed by atoms with Crippen LogP contribution < -0.4 is 15.5 Å². The predicted octanol–water partition coefficient (Wildman–Crippen LogP) is 3.18. The minimum absolute atomic E-state index is 0.289. The SMILES string of the molecule is C[C@H](NC1=C(c2nc3ccc(N4CCCCC4)c(F)c3[nH]2)C(O)Nc2cn(C)nc21)c1ncccn1. The van der Waals surface area contributed by atoms with Gasteiger partial charge >= 0.3 is 0 Å². The van der Waals surface area contributed by atoms with Crippen molar-refractivity contribution in [1.82, 2.24) is 35.0 Å². The van der Waals surface area contributed by atoms with Gasteiger partial charge in [-0.15, -0.1) is 0 Å². The molecule has 6 rings (SSSR count). The standard InChI is InChI=1S/C25H28FN9O/c1-14(23-27-9-6-10-28-23)29-22-18(25(36)31-16-13-34(2)33-21(16)22)24-30-15-7-8-17(19(26)20(15)32-24)35-11-4-3-5-12-35/h6-10,13-14,25,29,31,36H,3-5,11-12H2,1-2H3,(H,30,32)/t14-,25?/m0/s1. The van der Waals surface area contributed by atoms with Crippen molar-refractivity contribution in [3.63, 3.8) is 0 Å². The van der Waals surface area contributed by atoms with E-state index in [9.17, 15) is 5.11 Å². The van der Waals surface area contributed by atoms with Crippen LogP contribution in [0.4, 0.5) is 15.8 Å². The van der Waals surface area contributed by atoms with E-state index in [2.05, 4.69) is 40.6 Å². The number of nitrogens with one attached hydrogen (secondary N) is 3. The number of halogens is 1. The molecule has 4 aromatic rings. The molecule has 2 atom stereocenters. The van der Waals surface area contributed by atoms with Crippen LogP contribution in [-0.2, 0) is 7.05 Å². The Morgan fingerprint density at radius 2 is 1.94 bits per heavy atom. The number of hydrogen-bond acceptors (Lipinski definition) is 8. The first-order valence-corrected chi connectivity index (χ1v) is 12.2. The number of aromatic nitrogens is 6. The highest BCUT2D eigenvalue weighted by atomic mass is 19.1. The zero-order valence-electron chi connectivity index (χ0n) is 20.2. The van der Waals surface area contributed by atoms with Gasteiger partial charge in [0.1, 0.15) is 22.9 Å². The van der Waals surface area contributed by atoms with Gasteiger partial charge in [0.05, 0.1) is 34.2 Å². The highest BCUT2D eigenvalue weighted by molar-refractivity contribution is 5.97. The second-order valence-electron chi connectivity index (χ2n) is 9.30. The molecule has 0 bridgehead atoms. The summed E-state index contributed by atoms with van der Waals surface area (Å²) in [5, 5.41) is 22.2. The monoisotopic (exact) mass is 489 g/mol. The van der Waals surface area contributed by atoms with Gasteiger partial charge < -0.3 is 25.6 Å². The number of aromatic amines is 1. The van der Waals surface area contributed by atoms with E-state index in [1.807, 2.05) is 20.0 Å². The Morgan fingerprint density at radius 1 is 1.17 bits per heavy atom. The minimum atomic E-state index is -1.10. The molecule has 2 aliphatic heterocycles. The van der Waals surface area contributed by atoms with Crippen molar-refractivity contribution in [2.45, 2.75) is 38.5 Å². The van der Waals surface area contributed by atoms with Crippen LogP contribution in [0, 0.1) is 5.82 Å². The number of nitrogens with zero attached hydrogens (tertiary/aromatic N) is 6. The number of rotatable bonds is 5. The van der Waals surface area contributed by atoms with Crippen LogP contribution >= 0.6 is 0 Å². The molecule has 186 valence electrons. The lowest BCUT2D eigenvalue weighted by atomic mass is 10.0. The molecule has 4 N–H and O–H groups in total. The lowest BCUT2D eigenvalue weighted by Crippen LogP contribution is -2.31. The Morgan fingerprint density at radius 3 is 2.72 bits per heavy atom. The van der Waals surface area contributed by atoms with E-state index in [-0.39, 0.29) is 11.9 Å². The fourth-order valence-electron chi connectivity index (χ4n) is 5.01. The average molecular weight is 490 g/mol. The van der Waals surface area contributed by atoms with Crippen molar-refractivity contribution in [1.29, 1.82) is 0 Å². The number of imidazole rings is 1. The Labute approximate surface area is 207 Å². The fourth-order valence-corrected chi connectivity index (χ4v) is 5.01. The van der Waals surface area contributed by atoms with Gasteiger partial charge in [-0.3, -0.25) is 4.68 Å². The number of anilines is 2. The summed E-state index contributed by atoms with van der Waals surface area (Å²) in [5.74, 6) is 0.627. The molecule has 1 unspecified atom stereocenters. The van der Waals surface area contributed by atoms with Gasteiger partial charge in [0.2, 0.25) is 0 Å². The average Bonchev–Trinajstić information content (AvgIpc) is 3.48. The number of aliphatic hydroxyl groups excluding tert-OH is 1. The highest BCUT2D eigenvalue weighted by Gasteiger charge is 2.32. The minimum Gasteiger partial charge on any atom is -0.373 e. The van der Waals surface area contributed by atoms with E-state index < -0.39 is 6.23 Å². The fraction of sp³-hybridized carbons (Fsp3) is 0.360. The third kappa shape index (κ3) is 3.85. The van der Waals surface area contributed by atoms with Gasteiger partial charge in [0.25, 0.3) is 0 Å². The molecule has 36 heavy (non-hydrogen) atoms. The van der Waals surface area contributed by atoms with Crippen molar-refractivity contribution in [3.8, 4) is 0 Å². The maximum absolute atomic E-state index is 15.6. The zero-order chi connectivity index (χ0) is 24.8. The summed E-state index contributed by atoms with van der Waals surface area (Å²) in [6, 6.07) is 5.09. The van der Waals surface area contributed by atoms with Crippen molar-refractivity contribution < 1.29 is 9.50 Å². The van der Waals surface area contributed by atoms with E-state index in [1.165, 1.54) is 6.42 Å². The third-order valence-corrected chi connectivity index (χ3v) is 6.76. The summed E-state index contributed by atoms with van der Waals surface area (Å²) >= 11 is 0. The van der Waals surface area contributed by atoms with E-state index >= 15 is 4.39 Å². The first kappa shape index (κ1) is 22.5. The predicted molar refractivity (Wildman–Crippen MR) is 135 cm³/mol. The largest absolute Gasteiger partial charge is 0.373 e. The number of benzene rings is 1. The number of aliphatic hydroxyl groups is 1. The summed E-state index contributed by atoms with van der Waals surface area (Å²) in [6.07, 6.45) is 7.35. The molecule has 0 spiro atoms. The Bertz CT molecular complexity index is 1440. The molecule has 0 amide bonds. The molecule has 5 heterocycles. The van der Waals surface area contributed by atoms with Crippen molar-refractivity contribution in [3.05, 3.63) is 59.9 Å². The van der Waals surface area contributed by atoms with E-state index in [4.69, 9.17) is 0 Å². The molecule has 1 aromatic carbocycles. The molecule has 0 radical (unpaired) electrons. The van der Waals surface area contributed by atoms with Gasteiger partial charge in [-0.25, -0.2) is 19.3 Å². The maximum atomic E-state index is 15.6. The van der Waals surface area contributed by atoms with E-state index in [0.717, 1.165) is 25.9 Å². The summed E-state index contributed by atoms with van der Waals surface area (Å²) in [5.41, 5.74) is 3.70. The van der Waals surface area contributed by atoms with Gasteiger partial charge in [-0.05, 0) is 44.4 Å². The molecule has 3 aromatic heterocycles. The summed E-state index contributed by atoms with van der Waals surface area (Å²) in [7, 11) is 1.81. The second kappa shape index (κ2) is 8.90. The zero-order valence-corrected chi connectivity index (χ0v) is 20.2. The quantitative estimate of drug-likeness (QED) is 0.338. The van der Waals surface area contributed by atoms with Gasteiger partial charge in [-0.2, -0.15) is 5.10 Å². The number of H-pyrrole nitrogens is 1. The molecular weight excluding hydrogens is 461 g/mol. The number of piperidine rings is 1. The first-order valence-electron chi connectivity index (χ1n) is 12.2. The second-order valence-corrected chi connectivity index (χ2v) is 9.30. The summed E-state index contributed by atoms with van der Waals surface area (Å²) in [4.78, 5) is 18.6. The molecule has 2 aliphatic rings. The normalized spacial score (nSPS) is 18.8. The summed E-state index contributed by atoms with van der Waals surface area (Å²) < 4.78 is 17.3. The first-order chi connectivity index (χ1) is 17.5. The lowest BCUT2D eigenvalue weighted by molar-refractivity contribution is 0.259. The van der Waals surface area contributed by atoms with Crippen LogP contribution in [0.1, 0.15) is 49.6 Å². The lowest BCUT2D eigenvalue weighted by Gasteiger charge is -2.29. The van der Waals surface area contributed by atoms with Crippen LogP contribution in [0.3, 0.4) is 0 Å². The van der Waals surface area contributed by atoms with Crippen LogP contribution in [-0.4, -0.2) is 54.1 Å². The van der Waals surface area contributed by atoms with Crippen LogP contribution in [0.15, 0.2) is 36.8 Å². The maximum Gasteiger partial charge on any atom is 0.172 e. The molecular formula is C25H28FN9O. The Kier molecular flexibility index (Phi) is 5.56. The Balaban J connectivity index is 1.47. The third-order valence-electron chi connectivity index (χ3n) is 6.76. The smallest absolute Gasteiger partial charge is 0.172 e. The van der Waals surface area contributed by atoms with Gasteiger partial charge in [0.15, 0.2) is 12.0 Å². The molecule has 10 nitrogen and oxygen atoms in total. The number of fused-ring (bicyclic) bond motifs is 2. The molecule has 0 aliphatic carbocycles.